The van der Waals surface area contributed by atoms with Crippen LogP contribution in [0.4, 0.5) is 5.00 Å². The lowest BCUT2D eigenvalue weighted by atomic mass is 10.0. The molecule has 0 unspecified atom stereocenters. The molecule has 2 aromatic carbocycles. The zero-order valence-corrected chi connectivity index (χ0v) is 20.0. The third-order valence-corrected chi connectivity index (χ3v) is 7.45. The van der Waals surface area contributed by atoms with Crippen LogP contribution in [0, 0.1) is 0 Å². The number of amides is 2. The van der Waals surface area contributed by atoms with E-state index in [1.807, 2.05) is 60.7 Å². The predicted molar refractivity (Wildman–Crippen MR) is 137 cm³/mol. The Balaban J connectivity index is 1.55. The van der Waals surface area contributed by atoms with Gasteiger partial charge in [0.15, 0.2) is 0 Å². The molecule has 34 heavy (non-hydrogen) atoms. The molecule has 2 amide bonds. The average Bonchev–Trinajstić information content (AvgIpc) is 3.21. The van der Waals surface area contributed by atoms with Crippen LogP contribution in [0.15, 0.2) is 60.7 Å². The van der Waals surface area contributed by atoms with Crippen molar-refractivity contribution in [3.8, 4) is 11.3 Å². The number of nitrogens with zero attached hydrogens (tertiary/aromatic N) is 2. The van der Waals surface area contributed by atoms with E-state index in [1.54, 1.807) is 0 Å². The Hall–Kier alpha value is -3.55. The van der Waals surface area contributed by atoms with Crippen molar-refractivity contribution in [2.75, 3.05) is 11.9 Å². The Morgan fingerprint density at radius 2 is 1.82 bits per heavy atom. The quantitative estimate of drug-likeness (QED) is 0.426. The zero-order chi connectivity index (χ0) is 23.8. The number of carbonyl (C=O) groups excluding carboxylic acids is 2. The monoisotopic (exact) mass is 470 g/mol. The molecule has 3 N–H and O–H groups in total. The van der Waals surface area contributed by atoms with Gasteiger partial charge in [0, 0.05) is 35.0 Å². The summed E-state index contributed by atoms with van der Waals surface area (Å²) in [6, 6.07) is 19.6. The molecule has 0 saturated carbocycles. The third-order valence-electron chi connectivity index (χ3n) is 6.32. The lowest BCUT2D eigenvalue weighted by molar-refractivity contribution is 0.0999. The van der Waals surface area contributed by atoms with Crippen molar-refractivity contribution in [3.63, 3.8) is 0 Å². The third kappa shape index (κ3) is 4.08. The number of para-hydroxylation sites is 1. The predicted octanol–water partition coefficient (Wildman–Crippen LogP) is 5.08. The number of carbonyl (C=O) groups is 2. The number of nitrogens with two attached hydrogens (primary N) is 1. The van der Waals surface area contributed by atoms with E-state index in [-0.39, 0.29) is 5.91 Å². The molecule has 0 bridgehead atoms. The van der Waals surface area contributed by atoms with Gasteiger partial charge in [0.1, 0.15) is 5.00 Å². The number of aromatic nitrogens is 1. The highest BCUT2D eigenvalue weighted by molar-refractivity contribution is 7.17. The van der Waals surface area contributed by atoms with E-state index in [2.05, 4.69) is 24.1 Å². The minimum absolute atomic E-state index is 0.280. The van der Waals surface area contributed by atoms with Crippen LogP contribution in [-0.4, -0.2) is 34.3 Å². The molecular formula is C27H26N4O2S. The fraction of sp³-hybridized carbons (Fsp3) is 0.222. The Bertz CT molecular complexity index is 1390. The number of nitrogens with one attached hydrogen (secondary N) is 1. The summed E-state index contributed by atoms with van der Waals surface area (Å²) in [5, 5.41) is 4.29. The van der Waals surface area contributed by atoms with Crippen LogP contribution in [0.2, 0.25) is 0 Å². The fourth-order valence-corrected chi connectivity index (χ4v) is 5.78. The second-order valence-electron chi connectivity index (χ2n) is 8.78. The SMILES string of the molecule is CC(C)N1CCc2c(sc(NC(=O)c3cc(-c4ccccc4)nc4ccccc34)c2C(N)=O)C1. The smallest absolute Gasteiger partial charge is 0.257 e. The highest BCUT2D eigenvalue weighted by Crippen LogP contribution is 2.38. The fourth-order valence-electron chi connectivity index (χ4n) is 4.50. The lowest BCUT2D eigenvalue weighted by Crippen LogP contribution is -2.35. The van der Waals surface area contributed by atoms with Gasteiger partial charge in [-0.05, 0) is 38.0 Å². The van der Waals surface area contributed by atoms with E-state index >= 15 is 0 Å². The average molecular weight is 471 g/mol. The van der Waals surface area contributed by atoms with Gasteiger partial charge >= 0.3 is 0 Å². The number of anilines is 1. The maximum atomic E-state index is 13.6. The van der Waals surface area contributed by atoms with Crippen LogP contribution in [0.25, 0.3) is 22.2 Å². The molecule has 0 radical (unpaired) electrons. The number of hydrogen-bond donors (Lipinski definition) is 2. The van der Waals surface area contributed by atoms with Gasteiger partial charge in [0.25, 0.3) is 11.8 Å². The van der Waals surface area contributed by atoms with Crippen LogP contribution in [0.1, 0.15) is 45.0 Å². The van der Waals surface area contributed by atoms with Gasteiger partial charge in [-0.3, -0.25) is 14.5 Å². The van der Waals surface area contributed by atoms with Gasteiger partial charge in [-0.15, -0.1) is 11.3 Å². The molecule has 0 fully saturated rings. The maximum Gasteiger partial charge on any atom is 0.257 e. The number of pyridine rings is 1. The first kappa shape index (κ1) is 22.3. The number of benzene rings is 2. The Kier molecular flexibility index (Phi) is 5.89. The second-order valence-corrected chi connectivity index (χ2v) is 9.88. The lowest BCUT2D eigenvalue weighted by Gasteiger charge is -2.30. The number of hydrogen-bond acceptors (Lipinski definition) is 5. The summed E-state index contributed by atoms with van der Waals surface area (Å²) < 4.78 is 0. The highest BCUT2D eigenvalue weighted by Gasteiger charge is 2.29. The number of primary amides is 1. The van der Waals surface area contributed by atoms with Gasteiger partial charge in [0.05, 0.1) is 22.3 Å². The first-order valence-electron chi connectivity index (χ1n) is 11.4. The van der Waals surface area contributed by atoms with Crippen LogP contribution in [-0.2, 0) is 13.0 Å². The van der Waals surface area contributed by atoms with Crippen LogP contribution in [0.5, 0.6) is 0 Å². The van der Waals surface area contributed by atoms with Crippen LogP contribution >= 0.6 is 11.3 Å². The molecule has 1 aliphatic rings. The van der Waals surface area contributed by atoms with Gasteiger partial charge in [-0.1, -0.05) is 48.5 Å². The Morgan fingerprint density at radius 1 is 1.09 bits per heavy atom. The van der Waals surface area contributed by atoms with Gasteiger partial charge in [-0.25, -0.2) is 4.98 Å². The Morgan fingerprint density at radius 3 is 2.56 bits per heavy atom. The first-order chi connectivity index (χ1) is 16.4. The molecule has 0 atom stereocenters. The molecule has 0 saturated heterocycles. The molecule has 2 aromatic heterocycles. The highest BCUT2D eigenvalue weighted by atomic mass is 32.1. The van der Waals surface area contributed by atoms with E-state index in [4.69, 9.17) is 10.7 Å². The Labute approximate surface area is 202 Å². The van der Waals surface area contributed by atoms with E-state index < -0.39 is 5.91 Å². The van der Waals surface area contributed by atoms with E-state index in [1.165, 1.54) is 11.3 Å². The molecule has 4 aromatic rings. The summed E-state index contributed by atoms with van der Waals surface area (Å²) in [6.45, 7) is 5.94. The van der Waals surface area contributed by atoms with Crippen molar-refractivity contribution in [3.05, 3.63) is 82.2 Å². The molecule has 0 spiro atoms. The molecular weight excluding hydrogens is 444 g/mol. The molecule has 5 rings (SSSR count). The van der Waals surface area contributed by atoms with Crippen molar-refractivity contribution >= 4 is 39.1 Å². The van der Waals surface area contributed by atoms with Gasteiger partial charge in [-0.2, -0.15) is 0 Å². The number of fused-ring (bicyclic) bond motifs is 2. The minimum Gasteiger partial charge on any atom is -0.365 e. The summed E-state index contributed by atoms with van der Waals surface area (Å²) in [7, 11) is 0. The van der Waals surface area contributed by atoms with Crippen molar-refractivity contribution in [2.24, 2.45) is 5.73 Å². The summed E-state index contributed by atoms with van der Waals surface area (Å²) in [4.78, 5) is 34.2. The van der Waals surface area contributed by atoms with Gasteiger partial charge in [0.2, 0.25) is 0 Å². The molecule has 3 heterocycles. The summed E-state index contributed by atoms with van der Waals surface area (Å²) >= 11 is 1.45. The summed E-state index contributed by atoms with van der Waals surface area (Å²) in [5.41, 5.74) is 10.1. The van der Waals surface area contributed by atoms with Crippen molar-refractivity contribution in [2.45, 2.75) is 32.9 Å². The molecule has 1 aliphatic heterocycles. The normalized spacial score (nSPS) is 13.7. The minimum atomic E-state index is -0.504. The molecule has 6 nitrogen and oxygen atoms in total. The van der Waals surface area contributed by atoms with Crippen molar-refractivity contribution in [1.29, 1.82) is 0 Å². The van der Waals surface area contributed by atoms with E-state index in [9.17, 15) is 9.59 Å². The van der Waals surface area contributed by atoms with Crippen LogP contribution in [0.3, 0.4) is 0 Å². The number of thiophene rings is 1. The van der Waals surface area contributed by atoms with E-state index in [0.29, 0.717) is 22.2 Å². The van der Waals surface area contributed by atoms with Crippen LogP contribution < -0.4 is 11.1 Å². The zero-order valence-electron chi connectivity index (χ0n) is 19.2. The first-order valence-corrected chi connectivity index (χ1v) is 12.2. The van der Waals surface area contributed by atoms with E-state index in [0.717, 1.165) is 52.1 Å². The number of rotatable bonds is 5. The molecule has 0 aliphatic carbocycles. The maximum absolute atomic E-state index is 13.6. The van der Waals surface area contributed by atoms with Crippen molar-refractivity contribution < 1.29 is 9.59 Å². The molecule has 172 valence electrons. The summed E-state index contributed by atoms with van der Waals surface area (Å²) in [5.74, 6) is -0.784. The second kappa shape index (κ2) is 9.00. The topological polar surface area (TPSA) is 88.3 Å². The largest absolute Gasteiger partial charge is 0.365 e. The van der Waals surface area contributed by atoms with Gasteiger partial charge < -0.3 is 11.1 Å². The van der Waals surface area contributed by atoms with Crippen molar-refractivity contribution in [1.82, 2.24) is 9.88 Å². The summed E-state index contributed by atoms with van der Waals surface area (Å²) in [6.07, 6.45) is 0.745. The molecule has 7 heteroatoms. The standard InChI is InChI=1S/C27H26N4O2S/c1-16(2)31-13-12-19-23(15-31)34-27(24(19)25(28)32)30-26(33)20-14-22(17-8-4-3-5-9-17)29-21-11-7-6-10-18(20)21/h3-11,14,16H,12-13,15H2,1-2H3,(H2,28,32)(H,30,33).